The van der Waals surface area contributed by atoms with E-state index in [9.17, 15) is 0 Å². The van der Waals surface area contributed by atoms with Gasteiger partial charge in [0.15, 0.2) is 0 Å². The van der Waals surface area contributed by atoms with Crippen molar-refractivity contribution in [1.82, 2.24) is 0 Å². The van der Waals surface area contributed by atoms with Gasteiger partial charge in [-0.15, -0.1) is 0 Å². The Morgan fingerprint density at radius 2 is 1.53 bits per heavy atom. The van der Waals surface area contributed by atoms with Gasteiger partial charge in [0.25, 0.3) is 0 Å². The molecule has 0 aliphatic carbocycles. The summed E-state index contributed by atoms with van der Waals surface area (Å²) in [5.74, 6) is 0.992. The average Bonchev–Trinajstić information content (AvgIpc) is 2.41. The molecule has 0 saturated carbocycles. The first kappa shape index (κ1) is 15.7. The smallest absolute Gasteiger partial charge is 0.119 e. The maximum Gasteiger partial charge on any atom is 0.119 e. The molecule has 2 heteroatoms. The van der Waals surface area contributed by atoms with Gasteiger partial charge in [-0.05, 0) is 18.6 Å². The van der Waals surface area contributed by atoms with Crippen molar-refractivity contribution in [2.75, 3.05) is 6.61 Å². The number of ether oxygens (including phenoxy) is 1. The van der Waals surface area contributed by atoms with Crippen LogP contribution in [0.3, 0.4) is 0 Å². The van der Waals surface area contributed by atoms with E-state index in [0.29, 0.717) is 0 Å². The van der Waals surface area contributed by atoms with Crippen LogP contribution in [0, 0.1) is 0 Å². The lowest BCUT2D eigenvalue weighted by molar-refractivity contribution is -0.0979. The summed E-state index contributed by atoms with van der Waals surface area (Å²) in [6.07, 6.45) is 7.90. The molecule has 1 aromatic carbocycles. The Hall–Kier alpha value is -1.31. The van der Waals surface area contributed by atoms with Crippen molar-refractivity contribution >= 4 is 6.79 Å². The molecular formula is C15H24O2. The van der Waals surface area contributed by atoms with Crippen LogP contribution in [0.1, 0.15) is 45.4 Å². The summed E-state index contributed by atoms with van der Waals surface area (Å²) in [4.78, 5) is 8.00. The van der Waals surface area contributed by atoms with Gasteiger partial charge in [-0.2, -0.15) is 0 Å². The zero-order valence-electron chi connectivity index (χ0n) is 10.9. The number of rotatable bonds is 8. The fraction of sp³-hybridized carbons (Fsp3) is 0.533. The Bertz CT molecular complexity index is 246. The van der Waals surface area contributed by atoms with Gasteiger partial charge < -0.3 is 9.53 Å². The summed E-state index contributed by atoms with van der Waals surface area (Å²) in [7, 11) is 0. The third-order valence-corrected chi connectivity index (χ3v) is 2.51. The third-order valence-electron chi connectivity index (χ3n) is 2.51. The highest BCUT2D eigenvalue weighted by molar-refractivity contribution is 5.20. The lowest BCUT2D eigenvalue weighted by Gasteiger charge is -2.05. The van der Waals surface area contributed by atoms with Gasteiger partial charge in [0, 0.05) is 0 Å². The topological polar surface area (TPSA) is 26.3 Å². The van der Waals surface area contributed by atoms with Crippen molar-refractivity contribution in [1.29, 1.82) is 0 Å². The quantitative estimate of drug-likeness (QED) is 0.631. The highest BCUT2D eigenvalue weighted by Crippen LogP contribution is 2.10. The molecule has 0 fully saturated rings. The molecule has 0 aliphatic rings. The summed E-state index contributed by atoms with van der Waals surface area (Å²) in [5, 5.41) is 0. The number of benzene rings is 1. The van der Waals surface area contributed by atoms with Crippen LogP contribution in [0.25, 0.3) is 0 Å². The van der Waals surface area contributed by atoms with Crippen LogP contribution in [-0.2, 0) is 4.79 Å². The Morgan fingerprint density at radius 1 is 0.941 bits per heavy atom. The highest BCUT2D eigenvalue weighted by atomic mass is 16.5. The first-order chi connectivity index (χ1) is 8.43. The highest BCUT2D eigenvalue weighted by Gasteiger charge is 1.92. The summed E-state index contributed by atoms with van der Waals surface area (Å²) in [6.45, 7) is 5.11. The molecule has 0 aliphatic heterocycles. The molecule has 0 unspecified atom stereocenters. The normalized spacial score (nSPS) is 9.24. The molecule has 0 heterocycles. The molecule has 1 rings (SSSR count). The predicted molar refractivity (Wildman–Crippen MR) is 72.4 cm³/mol. The predicted octanol–water partition coefficient (Wildman–Crippen LogP) is 4.24. The van der Waals surface area contributed by atoms with E-state index in [0.717, 1.165) is 12.4 Å². The summed E-state index contributed by atoms with van der Waals surface area (Å²) >= 11 is 0. The fourth-order valence-corrected chi connectivity index (χ4v) is 1.59. The second-order valence-corrected chi connectivity index (χ2v) is 3.93. The zero-order chi connectivity index (χ0) is 12.8. The standard InChI is InChI=1S/C14H22O.CH2O/c1-2-3-4-5-6-10-13-15-14-11-8-7-9-12-14;1-2/h7-9,11-12H,2-6,10,13H2,1H3;1H2. The van der Waals surface area contributed by atoms with Crippen molar-refractivity contribution in [2.45, 2.75) is 45.4 Å². The van der Waals surface area contributed by atoms with Gasteiger partial charge in [0.2, 0.25) is 0 Å². The Morgan fingerprint density at radius 3 is 2.18 bits per heavy atom. The first-order valence-electron chi connectivity index (χ1n) is 6.40. The maximum absolute atomic E-state index is 8.00. The summed E-state index contributed by atoms with van der Waals surface area (Å²) < 4.78 is 5.61. The van der Waals surface area contributed by atoms with E-state index >= 15 is 0 Å². The summed E-state index contributed by atoms with van der Waals surface area (Å²) in [5.41, 5.74) is 0. The van der Waals surface area contributed by atoms with Crippen molar-refractivity contribution in [3.05, 3.63) is 30.3 Å². The molecular weight excluding hydrogens is 212 g/mol. The number of unbranched alkanes of at least 4 members (excludes halogenated alkanes) is 5. The zero-order valence-corrected chi connectivity index (χ0v) is 10.9. The maximum atomic E-state index is 8.00. The van der Waals surface area contributed by atoms with Crippen molar-refractivity contribution in [2.24, 2.45) is 0 Å². The van der Waals surface area contributed by atoms with Gasteiger partial charge in [0.1, 0.15) is 12.5 Å². The molecule has 0 bridgehead atoms. The van der Waals surface area contributed by atoms with E-state index in [-0.39, 0.29) is 0 Å². The van der Waals surface area contributed by atoms with Crippen LogP contribution < -0.4 is 4.74 Å². The Balaban J connectivity index is 0.00000121. The average molecular weight is 236 g/mol. The fourth-order valence-electron chi connectivity index (χ4n) is 1.59. The largest absolute Gasteiger partial charge is 0.494 e. The Labute approximate surface area is 105 Å². The molecule has 17 heavy (non-hydrogen) atoms. The minimum Gasteiger partial charge on any atom is -0.494 e. The van der Waals surface area contributed by atoms with Crippen molar-refractivity contribution in [3.8, 4) is 5.75 Å². The molecule has 96 valence electrons. The molecule has 0 amide bonds. The van der Waals surface area contributed by atoms with E-state index in [1.807, 2.05) is 37.1 Å². The van der Waals surface area contributed by atoms with Crippen LogP contribution >= 0.6 is 0 Å². The molecule has 0 aromatic heterocycles. The minimum atomic E-state index is 0.857. The lowest BCUT2D eigenvalue weighted by atomic mass is 10.1. The summed E-state index contributed by atoms with van der Waals surface area (Å²) in [6, 6.07) is 10.1. The van der Waals surface area contributed by atoms with Gasteiger partial charge in [-0.25, -0.2) is 0 Å². The number of hydrogen-bond acceptors (Lipinski definition) is 2. The lowest BCUT2D eigenvalue weighted by Crippen LogP contribution is -1.96. The first-order valence-corrected chi connectivity index (χ1v) is 6.40. The second-order valence-electron chi connectivity index (χ2n) is 3.93. The van der Waals surface area contributed by atoms with Crippen molar-refractivity contribution in [3.63, 3.8) is 0 Å². The van der Waals surface area contributed by atoms with E-state index in [4.69, 9.17) is 9.53 Å². The van der Waals surface area contributed by atoms with Gasteiger partial charge in [0.05, 0.1) is 6.61 Å². The number of para-hydroxylation sites is 1. The molecule has 1 aromatic rings. The number of hydrogen-bond donors (Lipinski definition) is 0. The Kier molecular flexibility index (Phi) is 11.8. The molecule has 0 N–H and O–H groups in total. The molecule has 0 spiro atoms. The van der Waals surface area contributed by atoms with Crippen LogP contribution in [0.5, 0.6) is 5.75 Å². The van der Waals surface area contributed by atoms with E-state index in [2.05, 4.69) is 6.92 Å². The molecule has 0 saturated heterocycles. The van der Waals surface area contributed by atoms with Gasteiger partial charge in [-0.1, -0.05) is 57.2 Å². The van der Waals surface area contributed by atoms with E-state index < -0.39 is 0 Å². The van der Waals surface area contributed by atoms with Crippen LogP contribution in [0.2, 0.25) is 0 Å². The van der Waals surface area contributed by atoms with Crippen LogP contribution in [-0.4, -0.2) is 13.4 Å². The minimum absolute atomic E-state index is 0.857. The monoisotopic (exact) mass is 236 g/mol. The van der Waals surface area contributed by atoms with Gasteiger partial charge >= 0.3 is 0 Å². The number of carbonyl (C=O) groups excluding carboxylic acids is 1. The van der Waals surface area contributed by atoms with Crippen LogP contribution in [0.4, 0.5) is 0 Å². The number of carbonyl (C=O) groups is 1. The SMILES string of the molecule is C=O.CCCCCCCCOc1ccccc1. The van der Waals surface area contributed by atoms with Gasteiger partial charge in [-0.3, -0.25) is 0 Å². The molecule has 2 nitrogen and oxygen atoms in total. The molecule has 0 radical (unpaired) electrons. The second kappa shape index (κ2) is 12.8. The van der Waals surface area contributed by atoms with E-state index in [1.54, 1.807) is 0 Å². The van der Waals surface area contributed by atoms with Crippen LogP contribution in [0.15, 0.2) is 30.3 Å². The molecule has 0 atom stereocenters. The van der Waals surface area contributed by atoms with Crippen molar-refractivity contribution < 1.29 is 9.53 Å². The third kappa shape index (κ3) is 9.61. The van der Waals surface area contributed by atoms with E-state index in [1.165, 1.54) is 38.5 Å².